The second-order valence-corrected chi connectivity index (χ2v) is 4.81. The summed E-state index contributed by atoms with van der Waals surface area (Å²) in [7, 11) is 0. The van der Waals surface area contributed by atoms with Gasteiger partial charge in [0.25, 0.3) is 0 Å². The minimum atomic E-state index is -0.435. The molecule has 5 nitrogen and oxygen atoms in total. The Kier molecular flexibility index (Phi) is 5.87. The van der Waals surface area contributed by atoms with Crippen molar-refractivity contribution in [3.63, 3.8) is 0 Å². The number of benzene rings is 1. The van der Waals surface area contributed by atoms with Gasteiger partial charge >= 0.3 is 5.97 Å². The molecule has 0 saturated carbocycles. The number of aromatic amines is 1. The van der Waals surface area contributed by atoms with Crippen LogP contribution in [0.2, 0.25) is 0 Å². The van der Waals surface area contributed by atoms with E-state index in [9.17, 15) is 9.18 Å². The number of rotatable bonds is 3. The van der Waals surface area contributed by atoms with E-state index >= 15 is 0 Å². The van der Waals surface area contributed by atoms with Gasteiger partial charge in [-0.25, -0.2) is 9.18 Å². The van der Waals surface area contributed by atoms with Gasteiger partial charge < -0.3 is 9.47 Å². The van der Waals surface area contributed by atoms with E-state index < -0.39 is 5.97 Å². The molecule has 1 unspecified atom stereocenters. The Hall–Kier alpha value is -2.21. The average molecular weight is 320 g/mol. The first-order valence-electron chi connectivity index (χ1n) is 7.79. The summed E-state index contributed by atoms with van der Waals surface area (Å²) in [4.78, 5) is 11.9. The lowest BCUT2D eigenvalue weighted by Gasteiger charge is -2.23. The van der Waals surface area contributed by atoms with Crippen LogP contribution in [0.25, 0.3) is 0 Å². The normalized spacial score (nSPS) is 16.1. The molecule has 0 saturated heterocycles. The number of H-pyrrole nitrogens is 1. The molecule has 1 N–H and O–H groups in total. The standard InChI is InChI=1S/C15H15FN2O3.C2H6/c1-2-20-15(19)14-11-7-13(21-8-12(11)17-18-14)9-3-5-10(16)6-4-9;1-2/h3-6,13H,2,7-8H2,1H3,(H,17,18);1-2H3. The second kappa shape index (κ2) is 7.87. The van der Waals surface area contributed by atoms with Crippen LogP contribution in [0.15, 0.2) is 24.3 Å². The van der Waals surface area contributed by atoms with Crippen molar-refractivity contribution in [2.45, 2.75) is 39.9 Å². The summed E-state index contributed by atoms with van der Waals surface area (Å²) < 4.78 is 23.7. The molecule has 1 aromatic heterocycles. The number of halogens is 1. The van der Waals surface area contributed by atoms with Gasteiger partial charge in [-0.3, -0.25) is 5.10 Å². The number of nitrogens with zero attached hydrogens (tertiary/aromatic N) is 1. The van der Waals surface area contributed by atoms with E-state index in [0.717, 1.165) is 16.8 Å². The summed E-state index contributed by atoms with van der Waals surface area (Å²) in [6.45, 7) is 6.39. The number of carbonyl (C=O) groups is 1. The van der Waals surface area contributed by atoms with Crippen LogP contribution in [0.3, 0.4) is 0 Å². The van der Waals surface area contributed by atoms with Crippen molar-refractivity contribution in [2.75, 3.05) is 6.61 Å². The van der Waals surface area contributed by atoms with E-state index in [2.05, 4.69) is 10.2 Å². The van der Waals surface area contributed by atoms with Crippen molar-refractivity contribution < 1.29 is 18.7 Å². The Morgan fingerprint density at radius 3 is 2.74 bits per heavy atom. The number of carbonyl (C=O) groups excluding carboxylic acids is 1. The largest absolute Gasteiger partial charge is 0.461 e. The number of nitrogens with one attached hydrogen (secondary N) is 1. The van der Waals surface area contributed by atoms with Gasteiger partial charge in [-0.15, -0.1) is 0 Å². The molecule has 3 rings (SSSR count). The number of esters is 1. The van der Waals surface area contributed by atoms with Gasteiger partial charge in [0.15, 0.2) is 5.69 Å². The lowest BCUT2D eigenvalue weighted by molar-refractivity contribution is 0.0249. The first-order chi connectivity index (χ1) is 11.2. The minimum absolute atomic E-state index is 0.219. The fourth-order valence-electron chi connectivity index (χ4n) is 2.43. The van der Waals surface area contributed by atoms with Crippen LogP contribution < -0.4 is 0 Å². The number of aromatic nitrogens is 2. The Balaban J connectivity index is 0.000000924. The SMILES string of the molecule is CC.CCOC(=O)c1n[nH]c2c1CC(c1ccc(F)cc1)OC2. The Morgan fingerprint density at radius 2 is 2.09 bits per heavy atom. The maximum atomic E-state index is 13.0. The van der Waals surface area contributed by atoms with Crippen molar-refractivity contribution in [2.24, 2.45) is 0 Å². The number of ether oxygens (including phenoxy) is 2. The summed E-state index contributed by atoms with van der Waals surface area (Å²) in [5.74, 6) is -0.722. The highest BCUT2D eigenvalue weighted by molar-refractivity contribution is 5.89. The topological polar surface area (TPSA) is 64.2 Å². The molecule has 1 aliphatic rings. The van der Waals surface area contributed by atoms with E-state index in [0.29, 0.717) is 25.3 Å². The van der Waals surface area contributed by atoms with E-state index in [1.165, 1.54) is 12.1 Å². The molecule has 0 bridgehead atoms. The molecular formula is C17H21FN2O3. The first-order valence-corrected chi connectivity index (χ1v) is 7.79. The molecule has 0 spiro atoms. The molecule has 124 valence electrons. The predicted octanol–water partition coefficient (Wildman–Crippen LogP) is 3.57. The molecule has 2 heterocycles. The minimum Gasteiger partial charge on any atom is -0.461 e. The van der Waals surface area contributed by atoms with Gasteiger partial charge in [0.05, 0.1) is 25.0 Å². The van der Waals surface area contributed by atoms with Crippen LogP contribution in [0.4, 0.5) is 4.39 Å². The molecule has 2 aromatic rings. The number of hydrogen-bond donors (Lipinski definition) is 1. The molecule has 0 aliphatic carbocycles. The third-order valence-electron chi connectivity index (χ3n) is 3.48. The van der Waals surface area contributed by atoms with Gasteiger partial charge in [0.2, 0.25) is 0 Å². The van der Waals surface area contributed by atoms with Crippen molar-refractivity contribution in [1.29, 1.82) is 0 Å². The lowest BCUT2D eigenvalue weighted by atomic mass is 9.97. The fraction of sp³-hybridized carbons (Fsp3) is 0.412. The zero-order valence-electron chi connectivity index (χ0n) is 13.6. The Morgan fingerprint density at radius 1 is 1.39 bits per heavy atom. The molecule has 1 atom stereocenters. The van der Waals surface area contributed by atoms with Gasteiger partial charge in [-0.05, 0) is 24.6 Å². The average Bonchev–Trinajstić information content (AvgIpc) is 3.01. The summed E-state index contributed by atoms with van der Waals surface area (Å²) in [5, 5.41) is 6.83. The Bertz CT molecular complexity index is 652. The highest BCUT2D eigenvalue weighted by atomic mass is 19.1. The van der Waals surface area contributed by atoms with Crippen LogP contribution in [0, 0.1) is 5.82 Å². The fourth-order valence-corrected chi connectivity index (χ4v) is 2.43. The smallest absolute Gasteiger partial charge is 0.359 e. The zero-order valence-corrected chi connectivity index (χ0v) is 13.6. The maximum absolute atomic E-state index is 13.0. The third kappa shape index (κ3) is 3.76. The van der Waals surface area contributed by atoms with E-state index in [1.807, 2.05) is 13.8 Å². The Labute approximate surface area is 134 Å². The highest BCUT2D eigenvalue weighted by Crippen LogP contribution is 2.31. The molecule has 6 heteroatoms. The van der Waals surface area contributed by atoms with Gasteiger partial charge in [0, 0.05) is 12.0 Å². The number of fused-ring (bicyclic) bond motifs is 1. The molecule has 1 aliphatic heterocycles. The van der Waals surface area contributed by atoms with E-state index in [4.69, 9.17) is 9.47 Å². The predicted molar refractivity (Wildman–Crippen MR) is 83.5 cm³/mol. The lowest BCUT2D eigenvalue weighted by Crippen LogP contribution is -2.17. The highest BCUT2D eigenvalue weighted by Gasteiger charge is 2.28. The van der Waals surface area contributed by atoms with Crippen LogP contribution in [-0.2, 0) is 22.5 Å². The molecule has 0 amide bonds. The van der Waals surface area contributed by atoms with Crippen LogP contribution in [0.1, 0.15) is 54.2 Å². The molecule has 0 fully saturated rings. The van der Waals surface area contributed by atoms with Gasteiger partial charge in [-0.1, -0.05) is 26.0 Å². The van der Waals surface area contributed by atoms with E-state index in [1.54, 1.807) is 19.1 Å². The maximum Gasteiger partial charge on any atom is 0.359 e. The summed E-state index contributed by atoms with van der Waals surface area (Å²) >= 11 is 0. The van der Waals surface area contributed by atoms with Crippen LogP contribution in [0.5, 0.6) is 0 Å². The summed E-state index contributed by atoms with van der Waals surface area (Å²) in [6.07, 6.45) is 0.287. The van der Waals surface area contributed by atoms with Gasteiger partial charge in [-0.2, -0.15) is 5.10 Å². The van der Waals surface area contributed by atoms with E-state index in [-0.39, 0.29) is 11.9 Å². The van der Waals surface area contributed by atoms with Crippen molar-refractivity contribution in [3.8, 4) is 0 Å². The summed E-state index contributed by atoms with van der Waals surface area (Å²) in [5.41, 5.74) is 2.78. The molecule has 0 radical (unpaired) electrons. The molecular weight excluding hydrogens is 299 g/mol. The van der Waals surface area contributed by atoms with Crippen molar-refractivity contribution in [3.05, 3.63) is 52.6 Å². The van der Waals surface area contributed by atoms with Gasteiger partial charge in [0.1, 0.15) is 5.82 Å². The third-order valence-corrected chi connectivity index (χ3v) is 3.48. The monoisotopic (exact) mass is 320 g/mol. The quantitative estimate of drug-likeness (QED) is 0.878. The number of hydrogen-bond acceptors (Lipinski definition) is 4. The van der Waals surface area contributed by atoms with Crippen LogP contribution >= 0.6 is 0 Å². The molecule has 23 heavy (non-hydrogen) atoms. The van der Waals surface area contributed by atoms with Crippen molar-refractivity contribution in [1.82, 2.24) is 10.2 Å². The zero-order chi connectivity index (χ0) is 16.8. The summed E-state index contributed by atoms with van der Waals surface area (Å²) in [6, 6.07) is 6.18. The van der Waals surface area contributed by atoms with Crippen molar-refractivity contribution >= 4 is 5.97 Å². The first kappa shape index (κ1) is 17.1. The molecule has 1 aromatic carbocycles. The second-order valence-electron chi connectivity index (χ2n) is 4.81. The van der Waals surface area contributed by atoms with Crippen LogP contribution in [-0.4, -0.2) is 22.8 Å².